The summed E-state index contributed by atoms with van der Waals surface area (Å²) in [6.45, 7) is 5.63. The normalized spacial score (nSPS) is 12.0. The maximum atomic E-state index is 11.6. The Morgan fingerprint density at radius 3 is 2.50 bits per heavy atom. The number of benzene rings is 1. The lowest BCUT2D eigenvalue weighted by atomic mass is 10.0. The fourth-order valence-electron chi connectivity index (χ4n) is 2.11. The monoisotopic (exact) mass is 337 g/mol. The van der Waals surface area contributed by atoms with Crippen molar-refractivity contribution in [2.45, 2.75) is 33.3 Å². The number of rotatable bonds is 11. The number of nitrogens with one attached hydrogen (secondary N) is 1. The van der Waals surface area contributed by atoms with Crippen LogP contribution >= 0.6 is 0 Å². The first-order valence-corrected chi connectivity index (χ1v) is 8.21. The molecule has 0 heterocycles. The SMILES string of the molecule is CC(C)COC[C@H](CCNC(=O)OCc1ccccc1)CC(=O)O. The standard InChI is InChI=1S/C18H27NO5/c1-14(2)11-23-12-16(10-17(20)21)8-9-19-18(22)24-13-15-6-4-3-5-7-15/h3-7,14,16H,8-13H2,1-2H3,(H,19,22)(H,20,21)/t16-/m1/s1. The molecule has 2 N–H and O–H groups in total. The molecule has 6 nitrogen and oxygen atoms in total. The van der Waals surface area contributed by atoms with E-state index in [0.29, 0.717) is 32.1 Å². The van der Waals surface area contributed by atoms with E-state index in [1.54, 1.807) is 0 Å². The van der Waals surface area contributed by atoms with E-state index in [0.717, 1.165) is 5.56 Å². The van der Waals surface area contributed by atoms with Crippen LogP contribution in [0.1, 0.15) is 32.3 Å². The largest absolute Gasteiger partial charge is 0.481 e. The fourth-order valence-corrected chi connectivity index (χ4v) is 2.11. The van der Waals surface area contributed by atoms with E-state index in [-0.39, 0.29) is 18.9 Å². The van der Waals surface area contributed by atoms with Crippen molar-refractivity contribution in [3.8, 4) is 0 Å². The van der Waals surface area contributed by atoms with Gasteiger partial charge in [0.25, 0.3) is 0 Å². The van der Waals surface area contributed by atoms with Gasteiger partial charge in [-0.2, -0.15) is 0 Å². The van der Waals surface area contributed by atoms with Crippen molar-refractivity contribution < 1.29 is 24.2 Å². The molecule has 0 aliphatic rings. The van der Waals surface area contributed by atoms with Crippen molar-refractivity contribution in [2.75, 3.05) is 19.8 Å². The Bertz CT molecular complexity index is 489. The van der Waals surface area contributed by atoms with Gasteiger partial charge in [0.1, 0.15) is 6.61 Å². The third-order valence-corrected chi connectivity index (χ3v) is 3.30. The molecule has 0 aliphatic carbocycles. The van der Waals surface area contributed by atoms with Crippen LogP contribution in [-0.4, -0.2) is 36.9 Å². The minimum Gasteiger partial charge on any atom is -0.481 e. The van der Waals surface area contributed by atoms with Crippen LogP contribution in [0.4, 0.5) is 4.79 Å². The van der Waals surface area contributed by atoms with E-state index < -0.39 is 12.1 Å². The molecule has 134 valence electrons. The van der Waals surface area contributed by atoms with E-state index in [1.165, 1.54) is 0 Å². The zero-order chi connectivity index (χ0) is 17.8. The van der Waals surface area contributed by atoms with Crippen molar-refractivity contribution in [3.05, 3.63) is 35.9 Å². The molecule has 1 aromatic carbocycles. The smallest absolute Gasteiger partial charge is 0.407 e. The predicted octanol–water partition coefficient (Wildman–Crippen LogP) is 3.07. The van der Waals surface area contributed by atoms with E-state index in [4.69, 9.17) is 14.6 Å². The summed E-state index contributed by atoms with van der Waals surface area (Å²) in [5.74, 6) is -0.586. The number of alkyl carbamates (subject to hydrolysis) is 1. The first kappa shape index (κ1) is 20.0. The molecule has 6 heteroatoms. The molecule has 1 rings (SSSR count). The van der Waals surface area contributed by atoms with Gasteiger partial charge in [-0.1, -0.05) is 44.2 Å². The molecular weight excluding hydrogens is 310 g/mol. The molecule has 1 atom stereocenters. The third-order valence-electron chi connectivity index (χ3n) is 3.30. The molecule has 0 radical (unpaired) electrons. The number of carbonyl (C=O) groups is 2. The summed E-state index contributed by atoms with van der Waals surface area (Å²) in [6, 6.07) is 9.41. The summed E-state index contributed by atoms with van der Waals surface area (Å²) in [6.07, 6.45) is 0.0555. The highest BCUT2D eigenvalue weighted by Gasteiger charge is 2.14. The van der Waals surface area contributed by atoms with Crippen LogP contribution in [0, 0.1) is 11.8 Å². The Labute approximate surface area is 143 Å². The Morgan fingerprint density at radius 1 is 1.17 bits per heavy atom. The number of carboxylic acids is 1. The molecule has 24 heavy (non-hydrogen) atoms. The van der Waals surface area contributed by atoms with Gasteiger partial charge in [-0.15, -0.1) is 0 Å². The first-order chi connectivity index (χ1) is 11.5. The molecule has 1 amide bonds. The quantitative estimate of drug-likeness (QED) is 0.648. The number of hydrogen-bond donors (Lipinski definition) is 2. The van der Waals surface area contributed by atoms with E-state index >= 15 is 0 Å². The Hall–Kier alpha value is -2.08. The number of carboxylic acid groups (broad SMARTS) is 1. The first-order valence-electron chi connectivity index (χ1n) is 8.21. The molecule has 0 unspecified atom stereocenters. The maximum absolute atomic E-state index is 11.6. The zero-order valence-electron chi connectivity index (χ0n) is 14.4. The van der Waals surface area contributed by atoms with E-state index in [9.17, 15) is 9.59 Å². The van der Waals surface area contributed by atoms with Gasteiger partial charge >= 0.3 is 12.1 Å². The number of carbonyl (C=O) groups excluding carboxylic acids is 1. The minimum atomic E-state index is -0.861. The van der Waals surface area contributed by atoms with Gasteiger partial charge in [-0.3, -0.25) is 4.79 Å². The molecule has 0 fully saturated rings. The average molecular weight is 337 g/mol. The van der Waals surface area contributed by atoms with Gasteiger partial charge in [0.15, 0.2) is 0 Å². The molecular formula is C18H27NO5. The third kappa shape index (κ3) is 9.84. The summed E-state index contributed by atoms with van der Waals surface area (Å²) in [5.41, 5.74) is 0.915. The van der Waals surface area contributed by atoms with Crippen LogP contribution in [0.3, 0.4) is 0 Å². The lowest BCUT2D eigenvalue weighted by Crippen LogP contribution is -2.28. The lowest BCUT2D eigenvalue weighted by Gasteiger charge is -2.16. The Kier molecular flexibility index (Phi) is 9.53. The summed E-state index contributed by atoms with van der Waals surface area (Å²) < 4.78 is 10.6. The van der Waals surface area contributed by atoms with Gasteiger partial charge in [0, 0.05) is 13.2 Å². The zero-order valence-corrected chi connectivity index (χ0v) is 14.4. The molecule has 0 aliphatic heterocycles. The van der Waals surface area contributed by atoms with Gasteiger partial charge in [0.2, 0.25) is 0 Å². The number of hydrogen-bond acceptors (Lipinski definition) is 4. The molecule has 0 aromatic heterocycles. The van der Waals surface area contributed by atoms with Crippen LogP contribution in [0.15, 0.2) is 30.3 Å². The van der Waals surface area contributed by atoms with Gasteiger partial charge in [0.05, 0.1) is 13.0 Å². The van der Waals surface area contributed by atoms with Gasteiger partial charge in [-0.05, 0) is 23.8 Å². The topological polar surface area (TPSA) is 84.9 Å². The molecule has 0 spiro atoms. The van der Waals surface area contributed by atoms with Gasteiger partial charge < -0.3 is 19.9 Å². The molecule has 0 bridgehead atoms. The molecule has 0 saturated heterocycles. The van der Waals surface area contributed by atoms with E-state index in [2.05, 4.69) is 5.32 Å². The lowest BCUT2D eigenvalue weighted by molar-refractivity contribution is -0.138. The van der Waals surface area contributed by atoms with Crippen molar-refractivity contribution in [2.24, 2.45) is 11.8 Å². The van der Waals surface area contributed by atoms with Crippen LogP contribution < -0.4 is 5.32 Å². The highest BCUT2D eigenvalue weighted by atomic mass is 16.5. The van der Waals surface area contributed by atoms with Crippen molar-refractivity contribution >= 4 is 12.1 Å². The molecule has 1 aromatic rings. The second-order valence-electron chi connectivity index (χ2n) is 6.17. The predicted molar refractivity (Wildman–Crippen MR) is 90.6 cm³/mol. The second kappa shape index (κ2) is 11.5. The highest BCUT2D eigenvalue weighted by molar-refractivity contribution is 5.67. The van der Waals surface area contributed by atoms with Gasteiger partial charge in [-0.25, -0.2) is 4.79 Å². The number of aliphatic carboxylic acids is 1. The highest BCUT2D eigenvalue weighted by Crippen LogP contribution is 2.10. The Morgan fingerprint density at radius 2 is 1.88 bits per heavy atom. The maximum Gasteiger partial charge on any atom is 0.407 e. The minimum absolute atomic E-state index is 0.0266. The van der Waals surface area contributed by atoms with Crippen molar-refractivity contribution in [1.29, 1.82) is 0 Å². The van der Waals surface area contributed by atoms with Crippen LogP contribution in [0.5, 0.6) is 0 Å². The second-order valence-corrected chi connectivity index (χ2v) is 6.17. The number of amides is 1. The van der Waals surface area contributed by atoms with E-state index in [1.807, 2.05) is 44.2 Å². The summed E-state index contributed by atoms with van der Waals surface area (Å²) >= 11 is 0. The van der Waals surface area contributed by atoms with Crippen LogP contribution in [0.2, 0.25) is 0 Å². The fraction of sp³-hybridized carbons (Fsp3) is 0.556. The van der Waals surface area contributed by atoms with Crippen molar-refractivity contribution in [1.82, 2.24) is 5.32 Å². The van der Waals surface area contributed by atoms with Crippen molar-refractivity contribution in [3.63, 3.8) is 0 Å². The average Bonchev–Trinajstić information content (AvgIpc) is 2.53. The summed E-state index contributed by atoms with van der Waals surface area (Å²) in [4.78, 5) is 22.5. The van der Waals surface area contributed by atoms with Crippen LogP contribution in [-0.2, 0) is 20.9 Å². The van der Waals surface area contributed by atoms with Crippen LogP contribution in [0.25, 0.3) is 0 Å². The Balaban J connectivity index is 2.24. The molecule has 0 saturated carbocycles. The number of ether oxygens (including phenoxy) is 2. The summed E-state index contributed by atoms with van der Waals surface area (Å²) in [7, 11) is 0. The summed E-state index contributed by atoms with van der Waals surface area (Å²) in [5, 5.41) is 11.6.